The SMILES string of the molecule is Cc1ccc2cccc(OCc3c(Cl)ccc(S(=O)(=O)N4CCC[C@H]4C(=O)NC4CCN(C(=O)CCCN(C=NC(=O)OC(C)(C)C)NC(=O)OC(C)(C)C)CC4)c3Cl)c2n1. The summed E-state index contributed by atoms with van der Waals surface area (Å²) in [4.78, 5) is 61.3. The minimum atomic E-state index is -4.24. The number of piperidine rings is 1. The molecule has 0 saturated carbocycles. The number of hydrazine groups is 1. The summed E-state index contributed by atoms with van der Waals surface area (Å²) >= 11 is 13.3. The topological polar surface area (TPSA) is 189 Å². The van der Waals surface area contributed by atoms with Crippen LogP contribution >= 0.6 is 23.2 Å². The highest BCUT2D eigenvalue weighted by molar-refractivity contribution is 7.89. The van der Waals surface area contributed by atoms with Crippen molar-refractivity contribution in [3.8, 4) is 5.75 Å². The zero-order valence-electron chi connectivity index (χ0n) is 35.6. The van der Waals surface area contributed by atoms with Gasteiger partial charge in [-0.3, -0.25) is 14.6 Å². The zero-order valence-corrected chi connectivity index (χ0v) is 38.0. The molecule has 3 aromatic rings. The fourth-order valence-electron chi connectivity index (χ4n) is 6.90. The number of benzene rings is 2. The number of nitrogens with zero attached hydrogens (tertiary/aromatic N) is 5. The number of aryl methyl sites for hydroxylation is 1. The number of aliphatic imine (C=N–C) groups is 1. The van der Waals surface area contributed by atoms with E-state index in [0.29, 0.717) is 56.5 Å². The van der Waals surface area contributed by atoms with Crippen LogP contribution in [-0.2, 0) is 35.7 Å². The molecule has 2 fully saturated rings. The lowest BCUT2D eigenvalue weighted by Crippen LogP contribution is -2.52. The maximum Gasteiger partial charge on any atom is 0.435 e. The summed E-state index contributed by atoms with van der Waals surface area (Å²) in [7, 11) is -4.24. The molecule has 0 radical (unpaired) electrons. The Bertz CT molecular complexity index is 2240. The summed E-state index contributed by atoms with van der Waals surface area (Å²) in [6.07, 6.45) is 1.74. The van der Waals surface area contributed by atoms with Crippen molar-refractivity contribution < 1.29 is 41.8 Å². The second-order valence-electron chi connectivity index (χ2n) is 17.0. The van der Waals surface area contributed by atoms with Crippen LogP contribution in [0.5, 0.6) is 5.75 Å². The molecular formula is C42H55Cl2N7O9S. The van der Waals surface area contributed by atoms with E-state index in [9.17, 15) is 27.6 Å². The average molecular weight is 905 g/mol. The Hall–Kier alpha value is -4.71. The van der Waals surface area contributed by atoms with Gasteiger partial charge in [-0.1, -0.05) is 41.4 Å². The normalized spacial score (nSPS) is 16.7. The fraction of sp³-hybridized carbons (Fsp3) is 0.524. The number of pyridine rings is 1. The number of hydrogen-bond acceptors (Lipinski definition) is 10. The predicted molar refractivity (Wildman–Crippen MR) is 232 cm³/mol. The van der Waals surface area contributed by atoms with Gasteiger partial charge in [0.1, 0.15) is 46.4 Å². The minimum absolute atomic E-state index is 0.0825. The largest absolute Gasteiger partial charge is 0.487 e. The Morgan fingerprint density at radius 2 is 1.66 bits per heavy atom. The maximum atomic E-state index is 14.1. The third kappa shape index (κ3) is 13.1. The summed E-state index contributed by atoms with van der Waals surface area (Å²) in [5, 5.41) is 5.31. The van der Waals surface area contributed by atoms with Crippen LogP contribution in [0.15, 0.2) is 52.4 Å². The number of likely N-dealkylation sites (tertiary alicyclic amines) is 1. The van der Waals surface area contributed by atoms with Crippen LogP contribution < -0.4 is 15.5 Å². The monoisotopic (exact) mass is 903 g/mol. The van der Waals surface area contributed by atoms with Crippen molar-refractivity contribution in [2.45, 2.75) is 122 Å². The van der Waals surface area contributed by atoms with Gasteiger partial charge >= 0.3 is 12.2 Å². The number of aromatic nitrogens is 1. The first-order valence-corrected chi connectivity index (χ1v) is 22.4. The molecule has 2 N–H and O–H groups in total. The number of hydrogen-bond donors (Lipinski definition) is 2. The highest BCUT2D eigenvalue weighted by atomic mass is 35.5. The minimum Gasteiger partial charge on any atom is -0.487 e. The third-order valence-electron chi connectivity index (χ3n) is 9.75. The highest BCUT2D eigenvalue weighted by Crippen LogP contribution is 2.36. The van der Waals surface area contributed by atoms with Gasteiger partial charge in [0.25, 0.3) is 0 Å². The molecule has 5 rings (SSSR count). The summed E-state index contributed by atoms with van der Waals surface area (Å²) in [5.74, 6) is -0.0372. The lowest BCUT2D eigenvalue weighted by Gasteiger charge is -2.34. The van der Waals surface area contributed by atoms with Gasteiger partial charge in [0, 0.05) is 60.3 Å². The first-order chi connectivity index (χ1) is 28.6. The molecule has 16 nitrogen and oxygen atoms in total. The van der Waals surface area contributed by atoms with Crippen LogP contribution in [0.25, 0.3) is 10.9 Å². The van der Waals surface area contributed by atoms with Crippen LogP contribution in [0.1, 0.15) is 91.3 Å². The van der Waals surface area contributed by atoms with Gasteiger partial charge in [0.05, 0.1) is 5.02 Å². The second-order valence-corrected chi connectivity index (χ2v) is 19.6. The summed E-state index contributed by atoms with van der Waals surface area (Å²) in [6, 6.07) is 11.0. The summed E-state index contributed by atoms with van der Waals surface area (Å²) in [6.45, 7) is 13.1. The molecule has 1 atom stereocenters. The predicted octanol–water partition coefficient (Wildman–Crippen LogP) is 7.17. The molecular weight excluding hydrogens is 849 g/mol. The third-order valence-corrected chi connectivity index (χ3v) is 12.6. The Balaban J connectivity index is 1.14. The number of fused-ring (bicyclic) bond motifs is 1. The van der Waals surface area contributed by atoms with E-state index >= 15 is 0 Å². The number of sulfonamides is 1. The van der Waals surface area contributed by atoms with E-state index in [1.54, 1.807) is 52.5 Å². The summed E-state index contributed by atoms with van der Waals surface area (Å²) < 4.78 is 46.1. The van der Waals surface area contributed by atoms with E-state index in [1.165, 1.54) is 21.4 Å². The number of nitrogens with one attached hydrogen (secondary N) is 2. The van der Waals surface area contributed by atoms with Crippen molar-refractivity contribution in [2.24, 2.45) is 4.99 Å². The number of ether oxygens (including phenoxy) is 3. The molecule has 3 heterocycles. The molecule has 0 spiro atoms. The molecule has 2 aromatic carbocycles. The van der Waals surface area contributed by atoms with E-state index in [0.717, 1.165) is 17.4 Å². The van der Waals surface area contributed by atoms with E-state index in [-0.39, 0.29) is 58.6 Å². The molecule has 19 heteroatoms. The van der Waals surface area contributed by atoms with Gasteiger partial charge in [0.15, 0.2) is 0 Å². The molecule has 2 aliphatic rings. The molecule has 0 aliphatic carbocycles. The van der Waals surface area contributed by atoms with Crippen molar-refractivity contribution in [2.75, 3.05) is 26.2 Å². The summed E-state index contributed by atoms with van der Waals surface area (Å²) in [5.41, 5.74) is 2.76. The molecule has 1 aromatic heterocycles. The first kappa shape index (κ1) is 47.3. The molecule has 61 heavy (non-hydrogen) atoms. The van der Waals surface area contributed by atoms with Crippen LogP contribution in [0.2, 0.25) is 10.0 Å². The lowest BCUT2D eigenvalue weighted by atomic mass is 10.0. The quantitative estimate of drug-likeness (QED) is 0.101. The molecule has 332 valence electrons. The highest BCUT2D eigenvalue weighted by Gasteiger charge is 2.41. The Morgan fingerprint density at radius 3 is 2.34 bits per heavy atom. The van der Waals surface area contributed by atoms with Crippen molar-refractivity contribution in [3.63, 3.8) is 0 Å². The van der Waals surface area contributed by atoms with Crippen molar-refractivity contribution in [3.05, 3.63) is 63.8 Å². The number of amides is 4. The van der Waals surface area contributed by atoms with Gasteiger partial charge in [-0.2, -0.15) is 9.30 Å². The van der Waals surface area contributed by atoms with Crippen molar-refractivity contribution >= 4 is 74.5 Å². The molecule has 2 aliphatic heterocycles. The van der Waals surface area contributed by atoms with Gasteiger partial charge in [0.2, 0.25) is 21.8 Å². The fourth-order valence-corrected chi connectivity index (χ4v) is 9.42. The molecule has 0 unspecified atom stereocenters. The number of halogens is 2. The van der Waals surface area contributed by atoms with E-state index < -0.39 is 45.4 Å². The van der Waals surface area contributed by atoms with Crippen LogP contribution in [0.4, 0.5) is 9.59 Å². The Labute approximate surface area is 367 Å². The van der Waals surface area contributed by atoms with Crippen LogP contribution in [-0.4, -0.2) is 107 Å². The Morgan fingerprint density at radius 1 is 0.951 bits per heavy atom. The number of para-hydroxylation sites is 1. The van der Waals surface area contributed by atoms with E-state index in [2.05, 4.69) is 20.7 Å². The maximum absolute atomic E-state index is 14.1. The van der Waals surface area contributed by atoms with Gasteiger partial charge in [-0.15, -0.1) is 0 Å². The van der Waals surface area contributed by atoms with Gasteiger partial charge in [-0.05, 0) is 105 Å². The number of carbonyl (C=O) groups excluding carboxylic acids is 4. The molecule has 0 bridgehead atoms. The Kier molecular flexibility index (Phi) is 15.5. The van der Waals surface area contributed by atoms with Gasteiger partial charge in [-0.25, -0.2) is 28.4 Å². The first-order valence-electron chi connectivity index (χ1n) is 20.2. The standard InChI is InChI=1S/C42H55Cl2N7O9S/c1-27-15-16-28-11-8-13-33(37(28)46-27)58-25-30-31(43)17-18-34(36(30)44)61(56,57)51-22-9-12-32(51)38(53)47-29-19-23-49(24-20-29)35(52)14-10-21-50(48-40(55)60-42(5,6)7)26-45-39(54)59-41(2,3)4/h8,11,13,15-18,26,29,32H,9-10,12,14,19-25H2,1-7H3,(H,47,53)(H,48,55)/t32-/m0/s1. The second kappa shape index (κ2) is 20.0. The van der Waals surface area contributed by atoms with Crippen molar-refractivity contribution in [1.82, 2.24) is 29.9 Å². The van der Waals surface area contributed by atoms with Crippen LogP contribution in [0.3, 0.4) is 0 Å². The van der Waals surface area contributed by atoms with Gasteiger partial charge < -0.3 is 24.4 Å². The zero-order chi connectivity index (χ0) is 44.7. The smallest absolute Gasteiger partial charge is 0.435 e. The lowest BCUT2D eigenvalue weighted by molar-refractivity contribution is -0.132. The molecule has 2 saturated heterocycles. The van der Waals surface area contributed by atoms with E-state index in [1.807, 2.05) is 31.2 Å². The average Bonchev–Trinajstić information content (AvgIpc) is 3.67. The number of rotatable bonds is 13. The van der Waals surface area contributed by atoms with Crippen molar-refractivity contribution in [1.29, 1.82) is 0 Å². The molecule has 4 amide bonds. The van der Waals surface area contributed by atoms with E-state index in [4.69, 9.17) is 37.4 Å². The number of carbonyl (C=O) groups is 4. The van der Waals surface area contributed by atoms with Crippen LogP contribution in [0, 0.1) is 6.92 Å².